The summed E-state index contributed by atoms with van der Waals surface area (Å²) in [7, 11) is 0. The Labute approximate surface area is 84.5 Å². The van der Waals surface area contributed by atoms with E-state index in [1.807, 2.05) is 32.9 Å². The molecule has 0 spiro atoms. The highest BCUT2D eigenvalue weighted by Crippen LogP contribution is 2.06. The summed E-state index contributed by atoms with van der Waals surface area (Å²) in [5.41, 5.74) is 0. The monoisotopic (exact) mass is 195 g/mol. The van der Waals surface area contributed by atoms with Crippen LogP contribution >= 0.6 is 0 Å². The summed E-state index contributed by atoms with van der Waals surface area (Å²) >= 11 is 0. The Morgan fingerprint density at radius 1 is 1.50 bits per heavy atom. The molecular weight excluding hydrogens is 178 g/mol. The van der Waals surface area contributed by atoms with Crippen LogP contribution in [-0.2, 0) is 11.2 Å². The van der Waals surface area contributed by atoms with E-state index < -0.39 is 0 Å². The van der Waals surface area contributed by atoms with Crippen molar-refractivity contribution in [3.8, 4) is 0 Å². The van der Waals surface area contributed by atoms with E-state index in [0.717, 1.165) is 17.9 Å². The maximum absolute atomic E-state index is 11.2. The number of furan rings is 1. The second-order valence-electron chi connectivity index (χ2n) is 3.71. The Balaban J connectivity index is 2.25. The van der Waals surface area contributed by atoms with Crippen molar-refractivity contribution >= 4 is 5.91 Å². The zero-order valence-electron chi connectivity index (χ0n) is 8.96. The molecule has 14 heavy (non-hydrogen) atoms. The number of nitrogens with one attached hydrogen (secondary N) is 1. The Kier molecular flexibility index (Phi) is 3.74. The molecule has 1 aromatic heterocycles. The molecule has 0 atom stereocenters. The largest absolute Gasteiger partial charge is 0.466 e. The van der Waals surface area contributed by atoms with Gasteiger partial charge in [-0.05, 0) is 19.1 Å². The molecule has 0 bridgehead atoms. The minimum Gasteiger partial charge on any atom is -0.466 e. The highest BCUT2D eigenvalue weighted by atomic mass is 16.3. The quantitative estimate of drug-likeness (QED) is 0.797. The van der Waals surface area contributed by atoms with Crippen molar-refractivity contribution in [3.63, 3.8) is 0 Å². The average molecular weight is 195 g/mol. The molecule has 0 saturated carbocycles. The molecule has 0 radical (unpaired) electrons. The van der Waals surface area contributed by atoms with Crippen molar-refractivity contribution in [2.75, 3.05) is 6.54 Å². The van der Waals surface area contributed by atoms with Gasteiger partial charge in [0, 0.05) is 18.9 Å². The van der Waals surface area contributed by atoms with Gasteiger partial charge in [-0.2, -0.15) is 0 Å². The molecule has 0 fully saturated rings. The molecule has 0 aliphatic rings. The van der Waals surface area contributed by atoms with E-state index in [-0.39, 0.29) is 11.8 Å². The Morgan fingerprint density at radius 2 is 2.21 bits per heavy atom. The molecular formula is C11H17NO2. The third-order valence-electron chi connectivity index (χ3n) is 1.99. The predicted molar refractivity (Wildman–Crippen MR) is 55.0 cm³/mol. The van der Waals surface area contributed by atoms with Crippen LogP contribution in [-0.4, -0.2) is 12.5 Å². The van der Waals surface area contributed by atoms with E-state index in [0.29, 0.717) is 6.54 Å². The second kappa shape index (κ2) is 4.84. The van der Waals surface area contributed by atoms with E-state index in [9.17, 15) is 4.79 Å². The third-order valence-corrected chi connectivity index (χ3v) is 1.99. The fourth-order valence-electron chi connectivity index (χ4n) is 1.13. The molecule has 1 aromatic rings. The van der Waals surface area contributed by atoms with E-state index in [1.165, 1.54) is 0 Å². The van der Waals surface area contributed by atoms with E-state index in [1.54, 1.807) is 0 Å². The number of rotatable bonds is 4. The molecule has 0 aromatic carbocycles. The van der Waals surface area contributed by atoms with Crippen LogP contribution in [0.2, 0.25) is 0 Å². The van der Waals surface area contributed by atoms with Crippen LogP contribution < -0.4 is 5.32 Å². The fraction of sp³-hybridized carbons (Fsp3) is 0.545. The van der Waals surface area contributed by atoms with Crippen LogP contribution in [0, 0.1) is 12.8 Å². The van der Waals surface area contributed by atoms with Gasteiger partial charge in [0.2, 0.25) is 5.91 Å². The lowest BCUT2D eigenvalue weighted by Gasteiger charge is -2.05. The van der Waals surface area contributed by atoms with Crippen molar-refractivity contribution in [3.05, 3.63) is 23.7 Å². The van der Waals surface area contributed by atoms with Crippen LogP contribution in [0.25, 0.3) is 0 Å². The molecule has 0 saturated heterocycles. The van der Waals surface area contributed by atoms with Crippen molar-refractivity contribution in [2.45, 2.75) is 27.2 Å². The number of amides is 1. The lowest BCUT2D eigenvalue weighted by atomic mass is 10.2. The first-order valence-corrected chi connectivity index (χ1v) is 4.92. The van der Waals surface area contributed by atoms with Gasteiger partial charge in [-0.3, -0.25) is 4.79 Å². The lowest BCUT2D eigenvalue weighted by molar-refractivity contribution is -0.123. The summed E-state index contributed by atoms with van der Waals surface area (Å²) < 4.78 is 5.37. The van der Waals surface area contributed by atoms with Gasteiger partial charge in [-0.1, -0.05) is 13.8 Å². The molecule has 1 heterocycles. The number of hydrogen-bond acceptors (Lipinski definition) is 2. The molecule has 3 nitrogen and oxygen atoms in total. The van der Waals surface area contributed by atoms with Gasteiger partial charge in [0.1, 0.15) is 11.5 Å². The zero-order valence-corrected chi connectivity index (χ0v) is 8.96. The third kappa shape index (κ3) is 3.24. The zero-order chi connectivity index (χ0) is 10.6. The Bertz CT molecular complexity index is 302. The first-order chi connectivity index (χ1) is 6.59. The first kappa shape index (κ1) is 10.8. The molecule has 1 rings (SSSR count). The minimum atomic E-state index is 0.0494. The topological polar surface area (TPSA) is 42.2 Å². The SMILES string of the molecule is Cc1ccc(CCNC(=O)C(C)C)o1. The molecule has 78 valence electrons. The molecule has 1 N–H and O–H groups in total. The summed E-state index contributed by atoms with van der Waals surface area (Å²) in [6.07, 6.45) is 0.756. The summed E-state index contributed by atoms with van der Waals surface area (Å²) in [6, 6.07) is 3.87. The van der Waals surface area contributed by atoms with Crippen LogP contribution in [0.4, 0.5) is 0 Å². The van der Waals surface area contributed by atoms with Crippen LogP contribution in [0.3, 0.4) is 0 Å². The number of hydrogen-bond donors (Lipinski definition) is 1. The average Bonchev–Trinajstić information content (AvgIpc) is 2.51. The van der Waals surface area contributed by atoms with Crippen LogP contribution in [0.5, 0.6) is 0 Å². The van der Waals surface area contributed by atoms with E-state index in [2.05, 4.69) is 5.32 Å². The summed E-state index contributed by atoms with van der Waals surface area (Å²) in [6.45, 7) is 6.32. The van der Waals surface area contributed by atoms with Crippen molar-refractivity contribution < 1.29 is 9.21 Å². The molecule has 1 amide bonds. The summed E-state index contributed by atoms with van der Waals surface area (Å²) in [5.74, 6) is 1.98. The van der Waals surface area contributed by atoms with Gasteiger partial charge in [-0.25, -0.2) is 0 Å². The highest BCUT2D eigenvalue weighted by Gasteiger charge is 2.05. The van der Waals surface area contributed by atoms with Crippen molar-refractivity contribution in [1.29, 1.82) is 0 Å². The maximum Gasteiger partial charge on any atom is 0.222 e. The minimum absolute atomic E-state index is 0.0494. The van der Waals surface area contributed by atoms with Gasteiger partial charge in [0.25, 0.3) is 0 Å². The number of aryl methyl sites for hydroxylation is 1. The number of carbonyl (C=O) groups excluding carboxylic acids is 1. The van der Waals surface area contributed by atoms with Gasteiger partial charge in [0.05, 0.1) is 0 Å². The molecule has 3 heteroatoms. The standard InChI is InChI=1S/C11H17NO2/c1-8(2)11(13)12-7-6-10-5-4-9(3)14-10/h4-5,8H,6-7H2,1-3H3,(H,12,13). The van der Waals surface area contributed by atoms with Gasteiger partial charge >= 0.3 is 0 Å². The van der Waals surface area contributed by atoms with Gasteiger partial charge in [-0.15, -0.1) is 0 Å². The fourth-order valence-corrected chi connectivity index (χ4v) is 1.13. The molecule has 0 aliphatic heterocycles. The van der Waals surface area contributed by atoms with E-state index >= 15 is 0 Å². The summed E-state index contributed by atoms with van der Waals surface area (Å²) in [4.78, 5) is 11.2. The first-order valence-electron chi connectivity index (χ1n) is 4.92. The van der Waals surface area contributed by atoms with Gasteiger partial charge < -0.3 is 9.73 Å². The van der Waals surface area contributed by atoms with Gasteiger partial charge in [0.15, 0.2) is 0 Å². The van der Waals surface area contributed by atoms with E-state index in [4.69, 9.17) is 4.42 Å². The smallest absolute Gasteiger partial charge is 0.222 e. The number of carbonyl (C=O) groups is 1. The van der Waals surface area contributed by atoms with Crippen LogP contribution in [0.1, 0.15) is 25.4 Å². The Morgan fingerprint density at radius 3 is 2.71 bits per heavy atom. The summed E-state index contributed by atoms with van der Waals surface area (Å²) in [5, 5.41) is 2.84. The molecule has 0 unspecified atom stereocenters. The normalized spacial score (nSPS) is 10.6. The maximum atomic E-state index is 11.2. The highest BCUT2D eigenvalue weighted by molar-refractivity contribution is 5.77. The van der Waals surface area contributed by atoms with Crippen molar-refractivity contribution in [1.82, 2.24) is 5.32 Å². The lowest BCUT2D eigenvalue weighted by Crippen LogP contribution is -2.29. The van der Waals surface area contributed by atoms with Crippen LogP contribution in [0.15, 0.2) is 16.5 Å². The van der Waals surface area contributed by atoms with Crippen molar-refractivity contribution in [2.24, 2.45) is 5.92 Å². The second-order valence-corrected chi connectivity index (χ2v) is 3.71. The Hall–Kier alpha value is -1.25. The predicted octanol–water partition coefficient (Wildman–Crippen LogP) is 1.90. The molecule has 0 aliphatic carbocycles.